The zero-order chi connectivity index (χ0) is 19.7. The molecule has 0 aliphatic rings. The normalized spacial score (nSPS) is 10.9. The Bertz CT molecular complexity index is 681. The van der Waals surface area contributed by atoms with Crippen LogP contribution < -0.4 is 15.9 Å². The SMILES string of the molecule is CC(C)C[P+](c1ccccc1)(c1ccccc1)c1ccccc1.[Cl][Zn-]([Cl])[Cl]. The standard InChI is InChI=1S/C22H24P.3ClH.Zn/c1-19(2)18-23(20-12-6-3-7-13-20,21-14-8-4-9-15-21)22-16-10-5-11-17-22;;;;/h3-17,19H,18H2,1-2H3;3*1H;/q+1;;;;+2/p-3. The average Bonchev–Trinajstić information content (AvgIpc) is 2.67. The van der Waals surface area contributed by atoms with Crippen molar-refractivity contribution in [2.75, 3.05) is 6.16 Å². The molecular formula is C22H24Cl3PZn. The Hall–Kier alpha value is -0.417. The molecule has 0 fully saturated rings. The van der Waals surface area contributed by atoms with Crippen LogP contribution in [0.3, 0.4) is 0 Å². The molecule has 3 aromatic carbocycles. The molecule has 0 aromatic heterocycles. The van der Waals surface area contributed by atoms with Crippen molar-refractivity contribution in [2.24, 2.45) is 5.92 Å². The van der Waals surface area contributed by atoms with Crippen molar-refractivity contribution in [3.8, 4) is 0 Å². The van der Waals surface area contributed by atoms with E-state index >= 15 is 0 Å². The van der Waals surface area contributed by atoms with Gasteiger partial charge in [-0.1, -0.05) is 68.4 Å². The number of halogens is 3. The molecule has 0 N–H and O–H groups in total. The van der Waals surface area contributed by atoms with Gasteiger partial charge in [0.05, 0.1) is 6.16 Å². The van der Waals surface area contributed by atoms with Crippen LogP contribution in [-0.2, 0) is 13.0 Å². The zero-order valence-electron chi connectivity index (χ0n) is 15.7. The van der Waals surface area contributed by atoms with E-state index in [0.717, 1.165) is 0 Å². The van der Waals surface area contributed by atoms with E-state index < -0.39 is 20.2 Å². The molecule has 0 heterocycles. The van der Waals surface area contributed by atoms with E-state index in [-0.39, 0.29) is 0 Å². The molecule has 0 amide bonds. The summed E-state index contributed by atoms with van der Waals surface area (Å²) in [5.41, 5.74) is 0. The Kier molecular flexibility index (Phi) is 9.78. The van der Waals surface area contributed by atoms with Crippen LogP contribution in [0, 0.1) is 5.92 Å². The van der Waals surface area contributed by atoms with Gasteiger partial charge in [0, 0.05) is 0 Å². The van der Waals surface area contributed by atoms with Crippen LogP contribution in [0.5, 0.6) is 0 Å². The summed E-state index contributed by atoms with van der Waals surface area (Å²) in [6.07, 6.45) is 1.20. The third-order valence-electron chi connectivity index (χ3n) is 4.23. The molecule has 27 heavy (non-hydrogen) atoms. The molecule has 140 valence electrons. The van der Waals surface area contributed by atoms with Crippen molar-refractivity contribution in [1.82, 2.24) is 0 Å². The van der Waals surface area contributed by atoms with E-state index in [2.05, 4.69) is 105 Å². The first-order valence-electron chi connectivity index (χ1n) is 9.08. The summed E-state index contributed by atoms with van der Waals surface area (Å²) in [5, 5.41) is 4.43. The van der Waals surface area contributed by atoms with Gasteiger partial charge in [0.1, 0.15) is 23.2 Å². The fraction of sp³-hybridized carbons (Fsp3) is 0.182. The van der Waals surface area contributed by atoms with E-state index in [9.17, 15) is 0 Å². The van der Waals surface area contributed by atoms with Crippen molar-refractivity contribution in [1.29, 1.82) is 0 Å². The topological polar surface area (TPSA) is 0 Å². The van der Waals surface area contributed by atoms with Gasteiger partial charge in [-0.2, -0.15) is 0 Å². The van der Waals surface area contributed by atoms with E-state index in [1.54, 1.807) is 0 Å². The van der Waals surface area contributed by atoms with Gasteiger partial charge in [-0.15, -0.1) is 0 Å². The second-order valence-electron chi connectivity index (χ2n) is 6.70. The van der Waals surface area contributed by atoms with Crippen LogP contribution in [0.4, 0.5) is 0 Å². The molecule has 0 saturated carbocycles. The van der Waals surface area contributed by atoms with Gasteiger partial charge >= 0.3 is 42.1 Å². The maximum atomic E-state index is 5.01. The van der Waals surface area contributed by atoms with E-state index in [1.165, 1.54) is 22.1 Å². The van der Waals surface area contributed by atoms with Crippen molar-refractivity contribution >= 4 is 52.2 Å². The van der Waals surface area contributed by atoms with E-state index in [0.29, 0.717) is 5.92 Å². The fourth-order valence-electron chi connectivity index (χ4n) is 3.36. The average molecular weight is 491 g/mol. The van der Waals surface area contributed by atoms with Gasteiger partial charge < -0.3 is 0 Å². The van der Waals surface area contributed by atoms with Gasteiger partial charge in [0.15, 0.2) is 0 Å². The molecule has 0 saturated heterocycles. The Morgan fingerprint density at radius 3 is 1.11 bits per heavy atom. The monoisotopic (exact) mass is 488 g/mol. The van der Waals surface area contributed by atoms with Crippen LogP contribution in [-0.4, -0.2) is 6.16 Å². The van der Waals surface area contributed by atoms with Crippen molar-refractivity contribution in [3.05, 3.63) is 91.0 Å². The Morgan fingerprint density at radius 2 is 0.889 bits per heavy atom. The first kappa shape index (κ1) is 22.9. The van der Waals surface area contributed by atoms with E-state index in [1.807, 2.05) is 0 Å². The number of hydrogen-bond donors (Lipinski definition) is 0. The number of hydrogen-bond acceptors (Lipinski definition) is 0. The Balaban J connectivity index is 0.000000596. The molecule has 0 spiro atoms. The molecule has 0 atom stereocenters. The summed E-state index contributed by atoms with van der Waals surface area (Å²) in [6, 6.07) is 33.3. The van der Waals surface area contributed by atoms with Gasteiger partial charge in [-0.25, -0.2) is 0 Å². The molecule has 5 heteroatoms. The summed E-state index contributed by atoms with van der Waals surface area (Å²) in [5.74, 6) is 0.643. The quantitative estimate of drug-likeness (QED) is 0.275. The van der Waals surface area contributed by atoms with Crippen LogP contribution in [0.15, 0.2) is 91.0 Å². The van der Waals surface area contributed by atoms with Gasteiger partial charge in [0.2, 0.25) is 0 Å². The third kappa shape index (κ3) is 6.56. The molecule has 3 aromatic rings. The summed E-state index contributed by atoms with van der Waals surface area (Å²) in [7, 11) is 13.4. The Labute approximate surface area is 181 Å². The molecule has 0 aliphatic heterocycles. The second kappa shape index (κ2) is 11.6. The van der Waals surface area contributed by atoms with E-state index in [4.69, 9.17) is 29.1 Å². The maximum absolute atomic E-state index is 5.01. The van der Waals surface area contributed by atoms with Crippen LogP contribution in [0.1, 0.15) is 13.8 Å². The fourth-order valence-corrected chi connectivity index (χ4v) is 8.02. The zero-order valence-corrected chi connectivity index (χ0v) is 21.9. The van der Waals surface area contributed by atoms with Gasteiger partial charge in [-0.05, 0) is 42.3 Å². The second-order valence-corrected chi connectivity index (χ2v) is 24.1. The molecule has 0 radical (unpaired) electrons. The molecule has 3 rings (SSSR count). The van der Waals surface area contributed by atoms with Crippen molar-refractivity contribution in [2.45, 2.75) is 13.8 Å². The summed E-state index contributed by atoms with van der Waals surface area (Å²) in [6.45, 7) is 4.67. The number of rotatable bonds is 5. The van der Waals surface area contributed by atoms with Crippen LogP contribution in [0.2, 0.25) is 0 Å². The van der Waals surface area contributed by atoms with Gasteiger partial charge in [-0.3, -0.25) is 0 Å². The molecule has 0 aliphatic carbocycles. The predicted octanol–water partition coefficient (Wildman–Crippen LogP) is 6.70. The first-order chi connectivity index (χ1) is 13.0. The molecule has 0 bridgehead atoms. The number of benzene rings is 3. The molecule has 0 nitrogen and oxygen atoms in total. The predicted molar refractivity (Wildman–Crippen MR) is 122 cm³/mol. The Morgan fingerprint density at radius 1 is 0.630 bits per heavy atom. The molecular weight excluding hydrogens is 467 g/mol. The van der Waals surface area contributed by atoms with Crippen molar-refractivity contribution < 1.29 is 13.0 Å². The minimum atomic E-state index is -2.21. The summed E-state index contributed by atoms with van der Waals surface area (Å²) >= 11 is -2.21. The van der Waals surface area contributed by atoms with Crippen LogP contribution in [0.25, 0.3) is 0 Å². The third-order valence-corrected chi connectivity index (χ3v) is 9.05. The minimum absolute atomic E-state index is 0.643. The summed E-state index contributed by atoms with van der Waals surface area (Å²) in [4.78, 5) is 0. The van der Waals surface area contributed by atoms with Crippen molar-refractivity contribution in [3.63, 3.8) is 0 Å². The first-order valence-corrected chi connectivity index (χ1v) is 22.8. The summed E-state index contributed by atoms with van der Waals surface area (Å²) < 4.78 is 0. The molecule has 0 unspecified atom stereocenters. The van der Waals surface area contributed by atoms with Crippen LogP contribution >= 0.6 is 36.3 Å². The van der Waals surface area contributed by atoms with Gasteiger partial charge in [0.25, 0.3) is 0 Å².